The third-order valence-corrected chi connectivity index (χ3v) is 4.16. The second kappa shape index (κ2) is 5.44. The Kier molecular flexibility index (Phi) is 3.43. The number of nitrogens with zero attached hydrogens (tertiary/aromatic N) is 3. The molecule has 2 aliphatic heterocycles. The number of alkyl halides is 3. The first-order valence-corrected chi connectivity index (χ1v) is 7.48. The zero-order valence-electron chi connectivity index (χ0n) is 12.9. The van der Waals surface area contributed by atoms with Gasteiger partial charge >= 0.3 is 6.18 Å². The number of amides is 2. The first-order chi connectivity index (χ1) is 12.3. The molecule has 2 heterocycles. The second-order valence-corrected chi connectivity index (χ2v) is 5.70. The van der Waals surface area contributed by atoms with Gasteiger partial charge in [0.15, 0.2) is 0 Å². The van der Waals surface area contributed by atoms with Crippen molar-refractivity contribution in [2.75, 3.05) is 10.0 Å². The largest absolute Gasteiger partial charge is 0.416 e. The zero-order chi connectivity index (χ0) is 18.6. The highest BCUT2D eigenvalue weighted by atomic mass is 19.4. The normalized spacial score (nSPS) is 20.1. The monoisotopic (exact) mass is 364 g/mol. The van der Waals surface area contributed by atoms with Gasteiger partial charge in [0.05, 0.1) is 22.5 Å². The van der Waals surface area contributed by atoms with Crippen molar-refractivity contribution in [1.29, 1.82) is 0 Å². The third-order valence-electron chi connectivity index (χ3n) is 4.16. The molecule has 0 radical (unpaired) electrons. The van der Waals surface area contributed by atoms with Crippen molar-refractivity contribution in [2.45, 2.75) is 12.3 Å². The molecule has 2 aromatic carbocycles. The first-order valence-electron chi connectivity index (χ1n) is 7.48. The van der Waals surface area contributed by atoms with Crippen molar-refractivity contribution in [3.8, 4) is 0 Å². The van der Waals surface area contributed by atoms with Crippen LogP contribution in [0.25, 0.3) is 0 Å². The van der Waals surface area contributed by atoms with E-state index in [2.05, 4.69) is 5.32 Å². The van der Waals surface area contributed by atoms with Gasteiger partial charge in [0.1, 0.15) is 0 Å². The van der Waals surface area contributed by atoms with E-state index in [1.165, 1.54) is 6.07 Å². The molecule has 0 bridgehead atoms. The van der Waals surface area contributed by atoms with Gasteiger partial charge in [0, 0.05) is 5.28 Å². The predicted molar refractivity (Wildman–Crippen MR) is 82.7 cm³/mol. The summed E-state index contributed by atoms with van der Waals surface area (Å²) in [6.45, 7) is 0. The van der Waals surface area contributed by atoms with E-state index in [-0.39, 0.29) is 11.3 Å². The molecule has 0 aromatic heterocycles. The Bertz CT molecular complexity index is 900. The molecule has 4 rings (SSSR count). The Morgan fingerprint density at radius 1 is 1.00 bits per heavy atom. The molecule has 0 aliphatic carbocycles. The molecule has 26 heavy (non-hydrogen) atoms. The fraction of sp³-hybridized carbons (Fsp3) is 0.125. The number of para-hydroxylation sites is 1. The van der Waals surface area contributed by atoms with Gasteiger partial charge in [-0.2, -0.15) is 18.2 Å². The lowest BCUT2D eigenvalue weighted by Crippen LogP contribution is -2.55. The van der Waals surface area contributed by atoms with Crippen molar-refractivity contribution < 1.29 is 28.0 Å². The van der Waals surface area contributed by atoms with Crippen LogP contribution >= 0.6 is 0 Å². The van der Waals surface area contributed by atoms with Crippen LogP contribution < -0.4 is 15.3 Å². The lowest BCUT2D eigenvalue weighted by molar-refractivity contribution is -0.137. The maximum absolute atomic E-state index is 12.7. The number of halogens is 3. The molecular formula is C16H11F3N4O3. The van der Waals surface area contributed by atoms with Crippen LogP contribution in [0.15, 0.2) is 48.5 Å². The molecule has 1 fully saturated rings. The SMILES string of the molecule is O=C1NC2C(=O)N(c3ccc(C(F)(F)F)cc3)N(O)N2c2ccccc21. The van der Waals surface area contributed by atoms with Crippen LogP contribution in [0.2, 0.25) is 0 Å². The van der Waals surface area contributed by atoms with E-state index in [4.69, 9.17) is 0 Å². The minimum Gasteiger partial charge on any atom is -0.322 e. The smallest absolute Gasteiger partial charge is 0.322 e. The lowest BCUT2D eigenvalue weighted by Gasteiger charge is -2.33. The number of fused-ring (bicyclic) bond motifs is 3. The molecule has 7 nitrogen and oxygen atoms in total. The van der Waals surface area contributed by atoms with Crippen molar-refractivity contribution in [3.05, 3.63) is 59.7 Å². The number of hydrogen-bond acceptors (Lipinski definition) is 5. The molecule has 1 unspecified atom stereocenters. The molecule has 1 saturated heterocycles. The first kappa shape index (κ1) is 16.4. The van der Waals surface area contributed by atoms with Crippen LogP contribution in [0.5, 0.6) is 0 Å². The van der Waals surface area contributed by atoms with Gasteiger partial charge in [-0.1, -0.05) is 12.1 Å². The molecule has 2 aliphatic rings. The molecule has 2 amide bonds. The van der Waals surface area contributed by atoms with Gasteiger partial charge < -0.3 is 5.32 Å². The minimum atomic E-state index is -4.52. The molecule has 0 spiro atoms. The van der Waals surface area contributed by atoms with Crippen molar-refractivity contribution in [3.63, 3.8) is 0 Å². The molecule has 0 saturated carbocycles. The highest BCUT2D eigenvalue weighted by Gasteiger charge is 2.50. The molecule has 2 aromatic rings. The minimum absolute atomic E-state index is 0.0200. The summed E-state index contributed by atoms with van der Waals surface area (Å²) in [5.41, 5.74) is -0.309. The Balaban J connectivity index is 1.73. The number of nitrogens with one attached hydrogen (secondary N) is 1. The van der Waals surface area contributed by atoms with E-state index in [1.807, 2.05) is 0 Å². The van der Waals surface area contributed by atoms with Crippen LogP contribution in [0.4, 0.5) is 24.5 Å². The number of benzene rings is 2. The number of hydrogen-bond donors (Lipinski definition) is 2. The third kappa shape index (κ3) is 2.30. The van der Waals surface area contributed by atoms with Gasteiger partial charge in [-0.3, -0.25) is 14.8 Å². The average molecular weight is 364 g/mol. The number of rotatable bonds is 1. The Hall–Kier alpha value is -3.11. The summed E-state index contributed by atoms with van der Waals surface area (Å²) >= 11 is 0. The quantitative estimate of drug-likeness (QED) is 0.811. The summed E-state index contributed by atoms with van der Waals surface area (Å²) in [6, 6.07) is 10.1. The van der Waals surface area contributed by atoms with Gasteiger partial charge in [0.2, 0.25) is 6.17 Å². The summed E-state index contributed by atoms with van der Waals surface area (Å²) in [4.78, 5) is 24.8. The van der Waals surface area contributed by atoms with Crippen molar-refractivity contribution in [2.24, 2.45) is 0 Å². The number of carbonyl (C=O) groups excluding carboxylic acids is 2. The van der Waals surface area contributed by atoms with Crippen LogP contribution in [-0.2, 0) is 11.0 Å². The maximum Gasteiger partial charge on any atom is 0.416 e. The Labute approximate surface area is 144 Å². The Morgan fingerprint density at radius 3 is 2.31 bits per heavy atom. The highest BCUT2D eigenvalue weighted by Crippen LogP contribution is 2.36. The van der Waals surface area contributed by atoms with Crippen LogP contribution in [0.3, 0.4) is 0 Å². The molecule has 10 heteroatoms. The Morgan fingerprint density at radius 2 is 1.65 bits per heavy atom. The van der Waals surface area contributed by atoms with E-state index in [9.17, 15) is 28.0 Å². The van der Waals surface area contributed by atoms with Crippen LogP contribution in [-0.4, -0.2) is 28.5 Å². The molecule has 1 atom stereocenters. The fourth-order valence-electron chi connectivity index (χ4n) is 2.96. The van der Waals surface area contributed by atoms with E-state index in [1.54, 1.807) is 18.2 Å². The summed E-state index contributed by atoms with van der Waals surface area (Å²) < 4.78 is 38.1. The second-order valence-electron chi connectivity index (χ2n) is 5.70. The van der Waals surface area contributed by atoms with Gasteiger partial charge in [-0.15, -0.1) is 0 Å². The zero-order valence-corrected chi connectivity index (χ0v) is 12.9. The summed E-state index contributed by atoms with van der Waals surface area (Å²) in [5, 5.41) is 15.3. The molecule has 2 N–H and O–H groups in total. The van der Waals surface area contributed by atoms with Crippen molar-refractivity contribution in [1.82, 2.24) is 10.6 Å². The maximum atomic E-state index is 12.7. The summed E-state index contributed by atoms with van der Waals surface area (Å²) in [6.07, 6.45) is -5.72. The molecular weight excluding hydrogens is 353 g/mol. The number of hydrazine groups is 2. The summed E-state index contributed by atoms with van der Waals surface area (Å²) in [7, 11) is 0. The predicted octanol–water partition coefficient (Wildman–Crippen LogP) is 2.15. The van der Waals surface area contributed by atoms with E-state index in [0.29, 0.717) is 11.0 Å². The van der Waals surface area contributed by atoms with Gasteiger partial charge in [0.25, 0.3) is 11.8 Å². The van der Waals surface area contributed by atoms with Crippen LogP contribution in [0, 0.1) is 0 Å². The number of anilines is 2. The van der Waals surface area contributed by atoms with E-state index in [0.717, 1.165) is 34.3 Å². The standard InChI is InChI=1S/C16H11F3N4O3/c17-16(18,19)9-5-7-10(8-6-9)21-15(25)13-20-14(24)11-3-1-2-4-12(11)22(13)23(21)26/h1-8,13,26H,(H,20,24). The topological polar surface area (TPSA) is 76.1 Å². The average Bonchev–Trinajstić information content (AvgIpc) is 2.85. The lowest BCUT2D eigenvalue weighted by atomic mass is 10.1. The van der Waals surface area contributed by atoms with Gasteiger partial charge in [-0.05, 0) is 36.4 Å². The van der Waals surface area contributed by atoms with Crippen molar-refractivity contribution >= 4 is 23.2 Å². The highest BCUT2D eigenvalue weighted by molar-refractivity contribution is 6.10. The fourth-order valence-corrected chi connectivity index (χ4v) is 2.96. The number of carbonyl (C=O) groups is 2. The van der Waals surface area contributed by atoms with E-state index < -0.39 is 29.7 Å². The van der Waals surface area contributed by atoms with Crippen LogP contribution in [0.1, 0.15) is 15.9 Å². The molecule has 134 valence electrons. The van der Waals surface area contributed by atoms with Gasteiger partial charge in [-0.25, -0.2) is 5.01 Å². The van der Waals surface area contributed by atoms with E-state index >= 15 is 0 Å². The summed E-state index contributed by atoms with van der Waals surface area (Å²) in [5.74, 6) is -1.20.